The molecule has 0 unspecified atom stereocenters. The summed E-state index contributed by atoms with van der Waals surface area (Å²) in [5, 5.41) is 1.19. The molecule has 0 spiro atoms. The van der Waals surface area contributed by atoms with Crippen molar-refractivity contribution in [1.82, 2.24) is 4.98 Å². The molecule has 1 aliphatic heterocycles. The molecule has 2 heterocycles. The van der Waals surface area contributed by atoms with Gasteiger partial charge in [-0.2, -0.15) is 0 Å². The third-order valence-corrected chi connectivity index (χ3v) is 4.16. The summed E-state index contributed by atoms with van der Waals surface area (Å²) in [4.78, 5) is 6.75. The van der Waals surface area contributed by atoms with E-state index in [9.17, 15) is 0 Å². The van der Waals surface area contributed by atoms with E-state index in [4.69, 9.17) is 5.73 Å². The SMILES string of the molecule is Nc1cccc2c1N(Cc1ccc3ncccc3c1)CC2. The number of aromatic nitrogens is 1. The molecule has 3 heteroatoms. The van der Waals surface area contributed by atoms with Crippen LogP contribution in [0.1, 0.15) is 11.1 Å². The van der Waals surface area contributed by atoms with E-state index in [1.54, 1.807) is 0 Å². The van der Waals surface area contributed by atoms with Gasteiger partial charge < -0.3 is 10.6 Å². The van der Waals surface area contributed by atoms with E-state index >= 15 is 0 Å². The Morgan fingerprint density at radius 3 is 3.00 bits per heavy atom. The molecule has 21 heavy (non-hydrogen) atoms. The van der Waals surface area contributed by atoms with Crippen molar-refractivity contribution in [3.63, 3.8) is 0 Å². The Balaban J connectivity index is 1.67. The second-order valence-electron chi connectivity index (χ2n) is 5.56. The summed E-state index contributed by atoms with van der Waals surface area (Å²) < 4.78 is 0. The molecular weight excluding hydrogens is 258 g/mol. The van der Waals surface area contributed by atoms with E-state index in [1.165, 1.54) is 22.2 Å². The average molecular weight is 275 g/mol. The largest absolute Gasteiger partial charge is 0.397 e. The lowest BCUT2D eigenvalue weighted by molar-refractivity contribution is 0.837. The van der Waals surface area contributed by atoms with Gasteiger partial charge in [0, 0.05) is 24.7 Å². The summed E-state index contributed by atoms with van der Waals surface area (Å²) in [5.41, 5.74) is 11.9. The van der Waals surface area contributed by atoms with Gasteiger partial charge in [0.15, 0.2) is 0 Å². The van der Waals surface area contributed by atoms with Gasteiger partial charge >= 0.3 is 0 Å². The van der Waals surface area contributed by atoms with Crippen molar-refractivity contribution >= 4 is 22.3 Å². The molecule has 0 radical (unpaired) electrons. The summed E-state index contributed by atoms with van der Waals surface area (Å²) in [7, 11) is 0. The van der Waals surface area contributed by atoms with Crippen LogP contribution in [0.3, 0.4) is 0 Å². The van der Waals surface area contributed by atoms with E-state index in [2.05, 4.69) is 40.2 Å². The monoisotopic (exact) mass is 275 g/mol. The maximum absolute atomic E-state index is 6.15. The Morgan fingerprint density at radius 2 is 2.05 bits per heavy atom. The van der Waals surface area contributed by atoms with Crippen molar-refractivity contribution in [2.75, 3.05) is 17.2 Å². The van der Waals surface area contributed by atoms with E-state index in [0.717, 1.165) is 30.7 Å². The molecule has 0 aliphatic carbocycles. The molecule has 1 aliphatic rings. The number of anilines is 2. The molecular formula is C18H17N3. The Bertz CT molecular complexity index is 810. The highest BCUT2D eigenvalue weighted by Crippen LogP contribution is 2.34. The minimum atomic E-state index is 0.882. The minimum Gasteiger partial charge on any atom is -0.397 e. The smallest absolute Gasteiger partial charge is 0.0702 e. The Labute approximate surface area is 124 Å². The van der Waals surface area contributed by atoms with Crippen molar-refractivity contribution in [2.45, 2.75) is 13.0 Å². The molecule has 4 rings (SSSR count). The summed E-state index contributed by atoms with van der Waals surface area (Å²) >= 11 is 0. The topological polar surface area (TPSA) is 42.1 Å². The molecule has 3 nitrogen and oxygen atoms in total. The maximum atomic E-state index is 6.15. The first-order chi connectivity index (χ1) is 10.3. The molecule has 0 atom stereocenters. The van der Waals surface area contributed by atoms with Crippen LogP contribution in [0.2, 0.25) is 0 Å². The van der Waals surface area contributed by atoms with Crippen LogP contribution in [0.15, 0.2) is 54.7 Å². The van der Waals surface area contributed by atoms with Gasteiger partial charge in [-0.25, -0.2) is 0 Å². The van der Waals surface area contributed by atoms with Crippen LogP contribution in [0.25, 0.3) is 10.9 Å². The maximum Gasteiger partial charge on any atom is 0.0702 e. The quantitative estimate of drug-likeness (QED) is 0.729. The average Bonchev–Trinajstić information content (AvgIpc) is 2.92. The lowest BCUT2D eigenvalue weighted by Crippen LogP contribution is -2.20. The second-order valence-corrected chi connectivity index (χ2v) is 5.56. The number of nitrogens with two attached hydrogens (primary N) is 1. The Kier molecular flexibility index (Phi) is 2.78. The van der Waals surface area contributed by atoms with Gasteiger partial charge in [0.1, 0.15) is 0 Å². The van der Waals surface area contributed by atoms with Crippen molar-refractivity contribution in [2.24, 2.45) is 0 Å². The molecule has 0 saturated carbocycles. The fourth-order valence-corrected chi connectivity index (χ4v) is 3.17. The van der Waals surface area contributed by atoms with Crippen molar-refractivity contribution < 1.29 is 0 Å². The number of pyridine rings is 1. The highest BCUT2D eigenvalue weighted by Gasteiger charge is 2.21. The zero-order valence-electron chi connectivity index (χ0n) is 11.8. The van der Waals surface area contributed by atoms with Crippen LogP contribution in [0.4, 0.5) is 11.4 Å². The summed E-state index contributed by atoms with van der Waals surface area (Å²) in [5.74, 6) is 0. The fraction of sp³-hybridized carbons (Fsp3) is 0.167. The number of hydrogen-bond donors (Lipinski definition) is 1. The number of rotatable bonds is 2. The van der Waals surface area contributed by atoms with Gasteiger partial charge in [-0.1, -0.05) is 24.3 Å². The van der Waals surface area contributed by atoms with Crippen molar-refractivity contribution in [1.29, 1.82) is 0 Å². The Hall–Kier alpha value is -2.55. The lowest BCUT2D eigenvalue weighted by atomic mass is 10.1. The lowest BCUT2D eigenvalue weighted by Gasteiger charge is -2.21. The van der Waals surface area contributed by atoms with Crippen LogP contribution < -0.4 is 10.6 Å². The number of fused-ring (bicyclic) bond motifs is 2. The standard InChI is InChI=1S/C18H17N3/c19-16-5-1-3-14-8-10-21(18(14)16)12-13-6-7-17-15(11-13)4-2-9-20-17/h1-7,9,11H,8,10,12,19H2. The second kappa shape index (κ2) is 4.77. The minimum absolute atomic E-state index is 0.882. The van der Waals surface area contributed by atoms with Crippen molar-refractivity contribution in [3.05, 3.63) is 65.9 Å². The van der Waals surface area contributed by atoms with E-state index in [0.29, 0.717) is 0 Å². The van der Waals surface area contributed by atoms with Gasteiger partial charge in [0.25, 0.3) is 0 Å². The van der Waals surface area contributed by atoms with Gasteiger partial charge in [-0.05, 0) is 41.8 Å². The third-order valence-electron chi connectivity index (χ3n) is 4.16. The van der Waals surface area contributed by atoms with Gasteiger partial charge in [-0.15, -0.1) is 0 Å². The molecule has 2 N–H and O–H groups in total. The third kappa shape index (κ3) is 2.11. The van der Waals surface area contributed by atoms with E-state index < -0.39 is 0 Å². The van der Waals surface area contributed by atoms with Crippen LogP contribution in [0, 0.1) is 0 Å². The molecule has 0 bridgehead atoms. The summed E-state index contributed by atoms with van der Waals surface area (Å²) in [6, 6.07) is 16.8. The highest BCUT2D eigenvalue weighted by atomic mass is 15.2. The molecule has 2 aromatic carbocycles. The van der Waals surface area contributed by atoms with Gasteiger partial charge in [-0.3, -0.25) is 4.98 Å². The van der Waals surface area contributed by atoms with Crippen LogP contribution >= 0.6 is 0 Å². The van der Waals surface area contributed by atoms with Crippen LogP contribution in [-0.2, 0) is 13.0 Å². The molecule has 0 saturated heterocycles. The number of hydrogen-bond acceptors (Lipinski definition) is 3. The van der Waals surface area contributed by atoms with Crippen molar-refractivity contribution in [3.8, 4) is 0 Å². The van der Waals surface area contributed by atoms with Gasteiger partial charge in [0.05, 0.1) is 16.9 Å². The predicted octanol–water partition coefficient (Wildman–Crippen LogP) is 3.38. The predicted molar refractivity (Wildman–Crippen MR) is 87.4 cm³/mol. The molecule has 0 fully saturated rings. The first kappa shape index (κ1) is 12.2. The number of benzene rings is 2. The number of nitrogen functional groups attached to an aromatic ring is 1. The molecule has 0 amide bonds. The Morgan fingerprint density at radius 1 is 1.10 bits per heavy atom. The molecule has 1 aromatic heterocycles. The van der Waals surface area contributed by atoms with Crippen LogP contribution in [-0.4, -0.2) is 11.5 Å². The molecule has 104 valence electrons. The first-order valence-corrected chi connectivity index (χ1v) is 7.27. The summed E-state index contributed by atoms with van der Waals surface area (Å²) in [6.07, 6.45) is 2.91. The van der Waals surface area contributed by atoms with E-state index in [-0.39, 0.29) is 0 Å². The number of nitrogens with zero attached hydrogens (tertiary/aromatic N) is 2. The first-order valence-electron chi connectivity index (χ1n) is 7.27. The fourth-order valence-electron chi connectivity index (χ4n) is 3.17. The van der Waals surface area contributed by atoms with Gasteiger partial charge in [0.2, 0.25) is 0 Å². The summed E-state index contributed by atoms with van der Waals surface area (Å²) in [6.45, 7) is 1.93. The zero-order valence-corrected chi connectivity index (χ0v) is 11.8. The highest BCUT2D eigenvalue weighted by molar-refractivity contribution is 5.79. The van der Waals surface area contributed by atoms with Crippen LogP contribution in [0.5, 0.6) is 0 Å². The normalized spacial score (nSPS) is 13.6. The van der Waals surface area contributed by atoms with E-state index in [1.807, 2.05) is 24.4 Å². The molecule has 3 aromatic rings. The zero-order chi connectivity index (χ0) is 14.2. The number of para-hydroxylation sites is 1.